The number of hydrogen-bond donors (Lipinski definition) is 2. The Morgan fingerprint density at radius 1 is 1.17 bits per heavy atom. The molecule has 0 saturated heterocycles. The van der Waals surface area contributed by atoms with Gasteiger partial charge in [-0.15, -0.1) is 10.2 Å². The lowest BCUT2D eigenvalue weighted by Crippen LogP contribution is -2.14. The van der Waals surface area contributed by atoms with Crippen LogP contribution in [0.3, 0.4) is 0 Å². The van der Waals surface area contributed by atoms with E-state index in [0.717, 1.165) is 37.7 Å². The number of amides is 1. The van der Waals surface area contributed by atoms with E-state index < -0.39 is 0 Å². The molecule has 0 radical (unpaired) electrons. The van der Waals surface area contributed by atoms with Crippen molar-refractivity contribution in [3.05, 3.63) is 54.7 Å². The number of hydrogen-bond acceptors (Lipinski definition) is 6. The van der Waals surface area contributed by atoms with Gasteiger partial charge in [0.15, 0.2) is 16.1 Å². The van der Waals surface area contributed by atoms with Crippen molar-refractivity contribution in [1.29, 1.82) is 0 Å². The molecule has 0 saturated carbocycles. The number of nitrogens with zero attached hydrogens (tertiary/aromatic N) is 4. The standard InChI is InChI=1S/C21H18N6OS2/c1-2-27-19(14-11-22-15-8-4-3-7-13(14)15)25-26-21(27)29-12-18(28)24-20-23-16-9-5-6-10-17(16)30-20/h3-11,22H,2,12H2,1H3,(H,23,24,28). The van der Waals surface area contributed by atoms with Crippen LogP contribution in [0.1, 0.15) is 6.92 Å². The van der Waals surface area contributed by atoms with Crippen LogP contribution in [0.5, 0.6) is 0 Å². The third-order valence-corrected chi connectivity index (χ3v) is 6.65. The SMILES string of the molecule is CCn1c(SCC(=O)Nc2nc3ccccc3s2)nnc1-c1c[nH]c2ccccc12. The van der Waals surface area contributed by atoms with E-state index in [0.29, 0.717) is 11.7 Å². The highest BCUT2D eigenvalue weighted by Crippen LogP contribution is 2.30. The van der Waals surface area contributed by atoms with Gasteiger partial charge in [0.1, 0.15) is 0 Å². The Kier molecular flexibility index (Phi) is 4.97. The van der Waals surface area contributed by atoms with Crippen molar-refractivity contribution in [3.8, 4) is 11.4 Å². The highest BCUT2D eigenvalue weighted by Gasteiger charge is 2.17. The summed E-state index contributed by atoms with van der Waals surface area (Å²) in [4.78, 5) is 20.2. The summed E-state index contributed by atoms with van der Waals surface area (Å²) in [6.45, 7) is 2.76. The predicted octanol–water partition coefficient (Wildman–Crippen LogP) is 4.79. The highest BCUT2D eigenvalue weighted by atomic mass is 32.2. The van der Waals surface area contributed by atoms with E-state index in [1.54, 1.807) is 0 Å². The Hall–Kier alpha value is -3.17. The number of rotatable bonds is 6. The average Bonchev–Trinajstić information content (AvgIpc) is 3.47. The molecule has 0 bridgehead atoms. The molecule has 7 nitrogen and oxygen atoms in total. The summed E-state index contributed by atoms with van der Waals surface area (Å²) in [5.74, 6) is 0.921. The second-order valence-corrected chi connectivity index (χ2v) is 8.60. The summed E-state index contributed by atoms with van der Waals surface area (Å²) in [7, 11) is 0. The lowest BCUT2D eigenvalue weighted by atomic mass is 10.1. The smallest absolute Gasteiger partial charge is 0.236 e. The monoisotopic (exact) mass is 434 g/mol. The zero-order chi connectivity index (χ0) is 20.5. The van der Waals surface area contributed by atoms with Crippen molar-refractivity contribution in [2.45, 2.75) is 18.6 Å². The number of aromatic amines is 1. The van der Waals surface area contributed by atoms with Gasteiger partial charge in [0.05, 0.1) is 16.0 Å². The predicted molar refractivity (Wildman–Crippen MR) is 122 cm³/mol. The summed E-state index contributed by atoms with van der Waals surface area (Å²) in [5, 5.41) is 14.0. The lowest BCUT2D eigenvalue weighted by molar-refractivity contribution is -0.113. The molecule has 3 aromatic heterocycles. The number of benzene rings is 2. The van der Waals surface area contributed by atoms with Crippen LogP contribution in [0.25, 0.3) is 32.5 Å². The molecule has 0 aliphatic carbocycles. The third-order valence-electron chi connectivity index (χ3n) is 4.74. The number of para-hydroxylation sites is 2. The molecule has 3 heterocycles. The molecule has 5 rings (SSSR count). The number of carbonyl (C=O) groups is 1. The van der Waals surface area contributed by atoms with Gasteiger partial charge in [-0.25, -0.2) is 4.98 Å². The van der Waals surface area contributed by atoms with Crippen LogP contribution < -0.4 is 5.32 Å². The van der Waals surface area contributed by atoms with Crippen LogP contribution in [-0.4, -0.2) is 36.4 Å². The first kappa shape index (κ1) is 18.8. The van der Waals surface area contributed by atoms with Gasteiger partial charge >= 0.3 is 0 Å². The molecule has 0 spiro atoms. The maximum atomic E-state index is 12.4. The van der Waals surface area contributed by atoms with Crippen LogP contribution in [0, 0.1) is 0 Å². The van der Waals surface area contributed by atoms with E-state index in [-0.39, 0.29) is 11.7 Å². The minimum absolute atomic E-state index is 0.113. The number of thioether (sulfide) groups is 1. The molecular weight excluding hydrogens is 416 g/mol. The average molecular weight is 435 g/mol. The summed E-state index contributed by atoms with van der Waals surface area (Å²) >= 11 is 2.84. The summed E-state index contributed by atoms with van der Waals surface area (Å²) in [5.41, 5.74) is 2.95. The maximum absolute atomic E-state index is 12.4. The molecule has 0 fully saturated rings. The van der Waals surface area contributed by atoms with Crippen molar-refractivity contribution >= 4 is 55.3 Å². The first-order valence-electron chi connectivity index (χ1n) is 9.51. The van der Waals surface area contributed by atoms with Crippen molar-refractivity contribution in [2.24, 2.45) is 0 Å². The van der Waals surface area contributed by atoms with Crippen molar-refractivity contribution < 1.29 is 4.79 Å². The largest absolute Gasteiger partial charge is 0.360 e. The van der Waals surface area contributed by atoms with Gasteiger partial charge in [0.25, 0.3) is 0 Å². The molecule has 1 amide bonds. The fraction of sp³-hybridized carbons (Fsp3) is 0.143. The summed E-state index contributed by atoms with van der Waals surface area (Å²) < 4.78 is 3.08. The molecular formula is C21H18N6OS2. The molecule has 5 aromatic rings. The van der Waals surface area contributed by atoms with Gasteiger partial charge in [-0.1, -0.05) is 53.4 Å². The minimum Gasteiger partial charge on any atom is -0.360 e. The molecule has 0 aliphatic rings. The molecule has 2 N–H and O–H groups in total. The van der Waals surface area contributed by atoms with Crippen molar-refractivity contribution in [2.75, 3.05) is 11.1 Å². The van der Waals surface area contributed by atoms with Crippen LogP contribution in [-0.2, 0) is 11.3 Å². The van der Waals surface area contributed by atoms with Crippen LogP contribution in [0.4, 0.5) is 5.13 Å². The number of fused-ring (bicyclic) bond motifs is 2. The maximum Gasteiger partial charge on any atom is 0.236 e. The topological polar surface area (TPSA) is 88.5 Å². The van der Waals surface area contributed by atoms with Gasteiger partial charge in [0.2, 0.25) is 5.91 Å². The van der Waals surface area contributed by atoms with E-state index >= 15 is 0 Å². The number of H-pyrrole nitrogens is 1. The third kappa shape index (κ3) is 3.46. The first-order chi connectivity index (χ1) is 14.7. The van der Waals surface area contributed by atoms with E-state index in [2.05, 4.69) is 31.5 Å². The quantitative estimate of drug-likeness (QED) is 0.375. The van der Waals surface area contributed by atoms with E-state index in [9.17, 15) is 4.79 Å². The highest BCUT2D eigenvalue weighted by molar-refractivity contribution is 7.99. The van der Waals surface area contributed by atoms with Gasteiger partial charge in [-0.3, -0.25) is 4.79 Å². The van der Waals surface area contributed by atoms with Crippen LogP contribution in [0.2, 0.25) is 0 Å². The number of aromatic nitrogens is 5. The zero-order valence-electron chi connectivity index (χ0n) is 16.1. The molecule has 0 atom stereocenters. The molecule has 30 heavy (non-hydrogen) atoms. The number of nitrogens with one attached hydrogen (secondary N) is 2. The van der Waals surface area contributed by atoms with E-state index in [4.69, 9.17) is 0 Å². The summed E-state index contributed by atoms with van der Waals surface area (Å²) in [6.07, 6.45) is 1.95. The van der Waals surface area contributed by atoms with Crippen LogP contribution >= 0.6 is 23.1 Å². The summed E-state index contributed by atoms with van der Waals surface area (Å²) in [6, 6.07) is 15.9. The number of thiazole rings is 1. The normalized spacial score (nSPS) is 11.4. The number of anilines is 1. The number of carbonyl (C=O) groups excluding carboxylic acids is 1. The fourth-order valence-electron chi connectivity index (χ4n) is 3.35. The first-order valence-corrected chi connectivity index (χ1v) is 11.3. The molecule has 9 heteroatoms. The Morgan fingerprint density at radius 2 is 2.00 bits per heavy atom. The molecule has 0 unspecified atom stereocenters. The lowest BCUT2D eigenvalue weighted by Gasteiger charge is -2.06. The Labute approximate surface area is 180 Å². The van der Waals surface area contributed by atoms with Gasteiger partial charge in [-0.05, 0) is 25.1 Å². The van der Waals surface area contributed by atoms with Crippen molar-refractivity contribution in [3.63, 3.8) is 0 Å². The Bertz CT molecular complexity index is 1320. The Balaban J connectivity index is 1.32. The second-order valence-electron chi connectivity index (χ2n) is 6.62. The molecule has 0 aliphatic heterocycles. The van der Waals surface area contributed by atoms with Gasteiger partial charge < -0.3 is 14.9 Å². The van der Waals surface area contributed by atoms with Gasteiger partial charge in [-0.2, -0.15) is 0 Å². The van der Waals surface area contributed by atoms with Crippen molar-refractivity contribution in [1.82, 2.24) is 24.7 Å². The fourth-order valence-corrected chi connectivity index (χ4v) is 5.03. The second kappa shape index (κ2) is 7.92. The van der Waals surface area contributed by atoms with E-state index in [1.165, 1.54) is 23.1 Å². The van der Waals surface area contributed by atoms with E-state index in [1.807, 2.05) is 60.2 Å². The minimum atomic E-state index is -0.113. The molecule has 2 aromatic carbocycles. The molecule has 150 valence electrons. The Morgan fingerprint density at radius 3 is 2.87 bits per heavy atom. The van der Waals surface area contributed by atoms with Crippen LogP contribution in [0.15, 0.2) is 59.9 Å². The zero-order valence-corrected chi connectivity index (χ0v) is 17.8. The van der Waals surface area contributed by atoms with Gasteiger partial charge in [0, 0.05) is 29.2 Å².